The van der Waals surface area contributed by atoms with Gasteiger partial charge in [0.1, 0.15) is 0 Å². The molecule has 0 saturated heterocycles. The minimum Gasteiger partial charge on any atom is -0.352 e. The minimum atomic E-state index is -0.0908. The van der Waals surface area contributed by atoms with Crippen molar-refractivity contribution in [3.05, 3.63) is 65.7 Å². The Balaban J connectivity index is 1.75. The van der Waals surface area contributed by atoms with Crippen LogP contribution in [-0.2, 0) is 16.1 Å². The first-order valence-electron chi connectivity index (χ1n) is 11.4. The summed E-state index contributed by atoms with van der Waals surface area (Å²) >= 11 is 0. The highest BCUT2D eigenvalue weighted by Crippen LogP contribution is 2.26. The molecule has 31 heavy (non-hydrogen) atoms. The number of hydrogen-bond donors (Lipinski definition) is 2. The summed E-state index contributed by atoms with van der Waals surface area (Å²) in [6.45, 7) is 6.88. The molecule has 2 amide bonds. The average Bonchev–Trinajstić information content (AvgIpc) is 2.75. The molecule has 1 aliphatic carbocycles. The number of anilines is 1. The maximum absolute atomic E-state index is 13.0. The number of rotatable bonds is 8. The number of nitrogens with one attached hydrogen (secondary N) is 2. The molecule has 2 N–H and O–H groups in total. The third kappa shape index (κ3) is 6.93. The second-order valence-electron chi connectivity index (χ2n) is 8.81. The number of nitrogens with zero attached hydrogens (tertiary/aromatic N) is 1. The Hall–Kier alpha value is -2.66. The Morgan fingerprint density at radius 3 is 2.52 bits per heavy atom. The lowest BCUT2D eigenvalue weighted by atomic mass is 9.86. The Morgan fingerprint density at radius 2 is 1.81 bits per heavy atom. The molecule has 166 valence electrons. The van der Waals surface area contributed by atoms with E-state index in [0.29, 0.717) is 19.0 Å². The van der Waals surface area contributed by atoms with Crippen molar-refractivity contribution in [1.29, 1.82) is 0 Å². The molecular weight excluding hydrogens is 386 g/mol. The molecule has 2 aromatic carbocycles. The smallest absolute Gasteiger partial charge is 0.234 e. The SMILES string of the molecule is CC(=O)Nc1cccc([C@H](C)N(CC(=O)N[C@@H]2CCCC[C@H]2C)Cc2ccccc2)c1. The molecule has 3 atom stereocenters. The van der Waals surface area contributed by atoms with Crippen LogP contribution in [0.1, 0.15) is 63.6 Å². The minimum absolute atomic E-state index is 0.0171. The van der Waals surface area contributed by atoms with E-state index >= 15 is 0 Å². The molecule has 5 nitrogen and oxygen atoms in total. The summed E-state index contributed by atoms with van der Waals surface area (Å²) in [5, 5.41) is 6.14. The van der Waals surface area contributed by atoms with E-state index in [1.165, 1.54) is 31.7 Å². The van der Waals surface area contributed by atoms with Gasteiger partial charge >= 0.3 is 0 Å². The van der Waals surface area contributed by atoms with E-state index < -0.39 is 0 Å². The summed E-state index contributed by atoms with van der Waals surface area (Å²) in [6.07, 6.45) is 4.70. The average molecular weight is 422 g/mol. The predicted molar refractivity (Wildman–Crippen MR) is 126 cm³/mol. The van der Waals surface area contributed by atoms with E-state index in [4.69, 9.17) is 0 Å². The summed E-state index contributed by atoms with van der Waals surface area (Å²) in [4.78, 5) is 26.7. The summed E-state index contributed by atoms with van der Waals surface area (Å²) in [5.41, 5.74) is 3.02. The standard InChI is InChI=1S/C26H35N3O2/c1-19-10-7-8-15-25(19)28-26(31)18-29(17-22-11-5-4-6-12-22)20(2)23-13-9-14-24(16-23)27-21(3)30/h4-6,9,11-14,16,19-20,25H,7-8,10,15,17-18H2,1-3H3,(H,27,30)(H,28,31)/t19-,20+,25-/m1/s1. The molecule has 1 aliphatic rings. The maximum atomic E-state index is 13.0. The van der Waals surface area contributed by atoms with Crippen LogP contribution in [0.3, 0.4) is 0 Å². The molecule has 3 rings (SSSR count). The number of benzene rings is 2. The lowest BCUT2D eigenvalue weighted by molar-refractivity contribution is -0.124. The first-order valence-corrected chi connectivity index (χ1v) is 11.4. The predicted octanol–water partition coefficient (Wildman–Crippen LogP) is 4.90. The Kier molecular flexibility index (Phi) is 8.24. The van der Waals surface area contributed by atoms with Crippen LogP contribution in [0.2, 0.25) is 0 Å². The summed E-state index contributed by atoms with van der Waals surface area (Å²) < 4.78 is 0. The Bertz CT molecular complexity index is 868. The molecule has 1 fully saturated rings. The van der Waals surface area contributed by atoms with E-state index in [9.17, 15) is 9.59 Å². The quantitative estimate of drug-likeness (QED) is 0.637. The van der Waals surface area contributed by atoms with Gasteiger partial charge in [-0.3, -0.25) is 14.5 Å². The van der Waals surface area contributed by atoms with Crippen molar-refractivity contribution in [2.24, 2.45) is 5.92 Å². The van der Waals surface area contributed by atoms with E-state index in [0.717, 1.165) is 17.7 Å². The largest absolute Gasteiger partial charge is 0.352 e. The van der Waals surface area contributed by atoms with Gasteiger partial charge in [0.25, 0.3) is 0 Å². The summed E-state index contributed by atoms with van der Waals surface area (Å²) in [6, 6.07) is 18.4. The van der Waals surface area contributed by atoms with Gasteiger partial charge in [-0.2, -0.15) is 0 Å². The number of carbonyl (C=O) groups is 2. The maximum Gasteiger partial charge on any atom is 0.234 e. The third-order valence-corrected chi connectivity index (χ3v) is 6.27. The van der Waals surface area contributed by atoms with Crippen LogP contribution < -0.4 is 10.6 Å². The highest BCUT2D eigenvalue weighted by atomic mass is 16.2. The van der Waals surface area contributed by atoms with Crippen molar-refractivity contribution in [2.45, 2.75) is 65.1 Å². The van der Waals surface area contributed by atoms with Crippen LogP contribution in [-0.4, -0.2) is 29.3 Å². The molecule has 0 aromatic heterocycles. The molecule has 5 heteroatoms. The number of hydrogen-bond acceptors (Lipinski definition) is 3. The van der Waals surface area contributed by atoms with Gasteiger partial charge in [-0.05, 0) is 48.9 Å². The lowest BCUT2D eigenvalue weighted by Crippen LogP contribution is -2.46. The van der Waals surface area contributed by atoms with Crippen LogP contribution in [0, 0.1) is 5.92 Å². The third-order valence-electron chi connectivity index (χ3n) is 6.27. The number of carbonyl (C=O) groups excluding carboxylic acids is 2. The molecule has 0 unspecified atom stereocenters. The zero-order valence-corrected chi connectivity index (χ0v) is 18.9. The van der Waals surface area contributed by atoms with Gasteiger partial charge < -0.3 is 10.6 Å². The van der Waals surface area contributed by atoms with Gasteiger partial charge in [-0.1, -0.05) is 62.2 Å². The first-order chi connectivity index (χ1) is 14.9. The van der Waals surface area contributed by atoms with E-state index in [2.05, 4.69) is 47.6 Å². The normalized spacial score (nSPS) is 19.6. The number of amides is 2. The fraction of sp³-hybridized carbons (Fsp3) is 0.462. The summed E-state index contributed by atoms with van der Waals surface area (Å²) in [5.74, 6) is 0.526. The Labute approximate surface area is 186 Å². The van der Waals surface area contributed by atoms with E-state index in [1.807, 2.05) is 36.4 Å². The molecule has 0 radical (unpaired) electrons. The molecule has 0 bridgehead atoms. The highest BCUT2D eigenvalue weighted by molar-refractivity contribution is 5.88. The Morgan fingerprint density at radius 1 is 1.06 bits per heavy atom. The van der Waals surface area contributed by atoms with Gasteiger partial charge in [0, 0.05) is 31.2 Å². The lowest BCUT2D eigenvalue weighted by Gasteiger charge is -2.32. The second kappa shape index (κ2) is 11.1. The van der Waals surface area contributed by atoms with Crippen molar-refractivity contribution in [3.8, 4) is 0 Å². The fourth-order valence-electron chi connectivity index (χ4n) is 4.41. The summed E-state index contributed by atoms with van der Waals surface area (Å²) in [7, 11) is 0. The van der Waals surface area contributed by atoms with Crippen LogP contribution in [0.15, 0.2) is 54.6 Å². The van der Waals surface area contributed by atoms with Crippen molar-refractivity contribution in [1.82, 2.24) is 10.2 Å². The molecule has 0 aliphatic heterocycles. The molecule has 0 spiro atoms. The zero-order chi connectivity index (χ0) is 22.2. The van der Waals surface area contributed by atoms with Crippen molar-refractivity contribution in [2.75, 3.05) is 11.9 Å². The van der Waals surface area contributed by atoms with Gasteiger partial charge in [0.15, 0.2) is 0 Å². The van der Waals surface area contributed by atoms with Crippen molar-refractivity contribution < 1.29 is 9.59 Å². The molecule has 0 heterocycles. The topological polar surface area (TPSA) is 61.4 Å². The van der Waals surface area contributed by atoms with Crippen molar-refractivity contribution >= 4 is 17.5 Å². The second-order valence-corrected chi connectivity index (χ2v) is 8.81. The first kappa shape index (κ1) is 23.0. The van der Waals surface area contributed by atoms with Crippen LogP contribution in [0.4, 0.5) is 5.69 Å². The molecular formula is C26H35N3O2. The molecule has 2 aromatic rings. The van der Waals surface area contributed by atoms with Gasteiger partial charge in [0.05, 0.1) is 6.54 Å². The van der Waals surface area contributed by atoms with Crippen LogP contribution in [0.5, 0.6) is 0 Å². The fourth-order valence-corrected chi connectivity index (χ4v) is 4.41. The molecule has 1 saturated carbocycles. The van der Waals surface area contributed by atoms with Gasteiger partial charge in [0.2, 0.25) is 11.8 Å². The highest BCUT2D eigenvalue weighted by Gasteiger charge is 2.25. The van der Waals surface area contributed by atoms with Gasteiger partial charge in [-0.15, -0.1) is 0 Å². The monoisotopic (exact) mass is 421 g/mol. The van der Waals surface area contributed by atoms with E-state index in [1.54, 1.807) is 0 Å². The van der Waals surface area contributed by atoms with E-state index in [-0.39, 0.29) is 23.9 Å². The van der Waals surface area contributed by atoms with Gasteiger partial charge in [-0.25, -0.2) is 0 Å². The van der Waals surface area contributed by atoms with Crippen molar-refractivity contribution in [3.63, 3.8) is 0 Å². The van der Waals surface area contributed by atoms with Crippen LogP contribution >= 0.6 is 0 Å². The van der Waals surface area contributed by atoms with Crippen LogP contribution in [0.25, 0.3) is 0 Å². The zero-order valence-electron chi connectivity index (χ0n) is 18.9.